The third-order valence-corrected chi connectivity index (χ3v) is 3.35. The summed E-state index contributed by atoms with van der Waals surface area (Å²) in [5.74, 6) is -0.283. The maximum absolute atomic E-state index is 13.0. The highest BCUT2D eigenvalue weighted by molar-refractivity contribution is 5.89. The quantitative estimate of drug-likeness (QED) is 0.778. The van der Waals surface area contributed by atoms with E-state index >= 15 is 0 Å². The minimum absolute atomic E-state index is 0.274. The lowest BCUT2D eigenvalue weighted by Crippen LogP contribution is -2.24. The van der Waals surface area contributed by atoms with Crippen LogP contribution in [0.3, 0.4) is 0 Å². The summed E-state index contributed by atoms with van der Waals surface area (Å²) in [6, 6.07) is 13.3. The molecule has 2 aromatic carbocycles. The van der Waals surface area contributed by atoms with Gasteiger partial charge in [0.15, 0.2) is 0 Å². The largest absolute Gasteiger partial charge is 0.341 e. The zero-order valence-corrected chi connectivity index (χ0v) is 12.5. The highest BCUT2D eigenvalue weighted by Crippen LogP contribution is 2.23. The Bertz CT molecular complexity index is 827. The molecule has 23 heavy (non-hydrogen) atoms. The Morgan fingerprint density at radius 3 is 2.65 bits per heavy atom. The van der Waals surface area contributed by atoms with Crippen molar-refractivity contribution in [2.75, 3.05) is 12.4 Å². The average molecular weight is 310 g/mol. The van der Waals surface area contributed by atoms with Crippen molar-refractivity contribution in [1.82, 2.24) is 15.1 Å². The fraction of sp³-hybridized carbons (Fsp3) is 0.0588. The normalized spacial score (nSPS) is 10.3. The molecule has 0 saturated heterocycles. The molecule has 1 aromatic heterocycles. The molecule has 0 aliphatic rings. The second-order valence-corrected chi connectivity index (χ2v) is 4.93. The molecule has 0 fully saturated rings. The number of nitrogens with zero attached hydrogens (tertiary/aromatic N) is 2. The third kappa shape index (κ3) is 3.37. The number of amides is 2. The summed E-state index contributed by atoms with van der Waals surface area (Å²) >= 11 is 0. The van der Waals surface area contributed by atoms with Crippen molar-refractivity contribution in [2.45, 2.75) is 0 Å². The lowest BCUT2D eigenvalue weighted by molar-refractivity contribution is 0.254. The molecule has 3 aromatic rings. The Morgan fingerprint density at radius 2 is 1.91 bits per heavy atom. The van der Waals surface area contributed by atoms with Gasteiger partial charge >= 0.3 is 6.03 Å². The van der Waals surface area contributed by atoms with Gasteiger partial charge in [-0.05, 0) is 42.0 Å². The molecule has 0 aliphatic carbocycles. The monoisotopic (exact) mass is 310 g/mol. The summed E-state index contributed by atoms with van der Waals surface area (Å²) in [6.07, 6.45) is 3.58. The molecule has 0 aliphatic heterocycles. The third-order valence-electron chi connectivity index (χ3n) is 3.35. The van der Waals surface area contributed by atoms with Gasteiger partial charge in [0.25, 0.3) is 0 Å². The van der Waals surface area contributed by atoms with Crippen molar-refractivity contribution < 1.29 is 9.18 Å². The van der Waals surface area contributed by atoms with Gasteiger partial charge in [0.1, 0.15) is 5.82 Å². The Kier molecular flexibility index (Phi) is 4.05. The van der Waals surface area contributed by atoms with Gasteiger partial charge in [-0.15, -0.1) is 0 Å². The molecule has 0 bridgehead atoms. The summed E-state index contributed by atoms with van der Waals surface area (Å²) in [6.45, 7) is 0. The van der Waals surface area contributed by atoms with Crippen molar-refractivity contribution >= 4 is 11.7 Å². The van der Waals surface area contributed by atoms with Crippen LogP contribution in [-0.4, -0.2) is 22.9 Å². The van der Waals surface area contributed by atoms with Crippen LogP contribution in [0.2, 0.25) is 0 Å². The van der Waals surface area contributed by atoms with Gasteiger partial charge in [-0.25, -0.2) is 13.9 Å². The maximum atomic E-state index is 13.0. The van der Waals surface area contributed by atoms with E-state index in [1.54, 1.807) is 30.1 Å². The number of rotatable bonds is 3. The van der Waals surface area contributed by atoms with Gasteiger partial charge in [0.2, 0.25) is 0 Å². The summed E-state index contributed by atoms with van der Waals surface area (Å²) in [5.41, 5.74) is 3.29. The average Bonchev–Trinajstić information content (AvgIpc) is 3.06. The zero-order chi connectivity index (χ0) is 16.2. The SMILES string of the molecule is CNC(=O)Nc1cccc(-c2cnn(-c3ccc(F)cc3)c2)c1. The lowest BCUT2D eigenvalue weighted by atomic mass is 10.1. The molecule has 3 rings (SSSR count). The van der Waals surface area contributed by atoms with E-state index < -0.39 is 0 Å². The summed E-state index contributed by atoms with van der Waals surface area (Å²) in [5, 5.41) is 9.53. The van der Waals surface area contributed by atoms with Gasteiger partial charge in [0, 0.05) is 24.5 Å². The molecule has 0 unspecified atom stereocenters. The standard InChI is InChI=1S/C17H15FN4O/c1-19-17(23)21-15-4-2-3-12(9-15)13-10-20-22(11-13)16-7-5-14(18)6-8-16/h2-11H,1H3,(H2,19,21,23). The van der Waals surface area contributed by atoms with Gasteiger partial charge < -0.3 is 10.6 Å². The van der Waals surface area contributed by atoms with E-state index in [1.807, 2.05) is 30.5 Å². The van der Waals surface area contributed by atoms with Crippen LogP contribution in [0.4, 0.5) is 14.9 Å². The lowest BCUT2D eigenvalue weighted by Gasteiger charge is -2.05. The molecule has 6 heteroatoms. The second kappa shape index (κ2) is 6.31. The molecule has 0 saturated carbocycles. The van der Waals surface area contributed by atoms with Gasteiger partial charge in [-0.3, -0.25) is 0 Å². The number of benzene rings is 2. The molecule has 0 radical (unpaired) electrons. The number of carbonyl (C=O) groups excluding carboxylic acids is 1. The predicted molar refractivity (Wildman–Crippen MR) is 87.0 cm³/mol. The fourth-order valence-electron chi connectivity index (χ4n) is 2.18. The van der Waals surface area contributed by atoms with Crippen LogP contribution in [0.15, 0.2) is 60.9 Å². The molecular formula is C17H15FN4O. The van der Waals surface area contributed by atoms with E-state index in [2.05, 4.69) is 15.7 Å². The molecular weight excluding hydrogens is 295 g/mol. The Balaban J connectivity index is 1.86. The van der Waals surface area contributed by atoms with Crippen LogP contribution in [0.1, 0.15) is 0 Å². The molecule has 5 nitrogen and oxygen atoms in total. The molecule has 0 spiro atoms. The van der Waals surface area contributed by atoms with E-state index in [4.69, 9.17) is 0 Å². The number of urea groups is 1. The van der Waals surface area contributed by atoms with Crippen molar-refractivity contribution in [3.05, 3.63) is 66.7 Å². The number of halogens is 1. The van der Waals surface area contributed by atoms with Crippen molar-refractivity contribution in [3.8, 4) is 16.8 Å². The first-order valence-corrected chi connectivity index (χ1v) is 7.05. The van der Waals surface area contributed by atoms with Crippen LogP contribution >= 0.6 is 0 Å². The first-order chi connectivity index (χ1) is 11.2. The van der Waals surface area contributed by atoms with Crippen LogP contribution in [0, 0.1) is 5.82 Å². The first kappa shape index (κ1) is 14.8. The van der Waals surface area contributed by atoms with Crippen LogP contribution in [0.25, 0.3) is 16.8 Å². The minimum atomic E-state index is -0.283. The Morgan fingerprint density at radius 1 is 1.13 bits per heavy atom. The van der Waals surface area contributed by atoms with Crippen LogP contribution in [-0.2, 0) is 0 Å². The summed E-state index contributed by atoms with van der Waals surface area (Å²) < 4.78 is 14.7. The van der Waals surface area contributed by atoms with E-state index in [-0.39, 0.29) is 11.8 Å². The number of aromatic nitrogens is 2. The number of nitrogens with one attached hydrogen (secondary N) is 2. The van der Waals surface area contributed by atoms with Crippen molar-refractivity contribution in [2.24, 2.45) is 0 Å². The van der Waals surface area contributed by atoms with E-state index in [9.17, 15) is 9.18 Å². The molecule has 1 heterocycles. The summed E-state index contributed by atoms with van der Waals surface area (Å²) in [4.78, 5) is 11.4. The number of hydrogen-bond donors (Lipinski definition) is 2. The van der Waals surface area contributed by atoms with Crippen LogP contribution in [0.5, 0.6) is 0 Å². The van der Waals surface area contributed by atoms with Crippen molar-refractivity contribution in [1.29, 1.82) is 0 Å². The topological polar surface area (TPSA) is 59.0 Å². The molecule has 2 amide bonds. The van der Waals surface area contributed by atoms with Gasteiger partial charge in [-0.1, -0.05) is 12.1 Å². The maximum Gasteiger partial charge on any atom is 0.318 e. The highest BCUT2D eigenvalue weighted by atomic mass is 19.1. The number of carbonyl (C=O) groups is 1. The molecule has 2 N–H and O–H groups in total. The fourth-order valence-corrected chi connectivity index (χ4v) is 2.18. The van der Waals surface area contributed by atoms with Crippen LogP contribution < -0.4 is 10.6 Å². The smallest absolute Gasteiger partial charge is 0.318 e. The zero-order valence-electron chi connectivity index (χ0n) is 12.5. The molecule has 0 atom stereocenters. The van der Waals surface area contributed by atoms with E-state index in [0.717, 1.165) is 16.8 Å². The van der Waals surface area contributed by atoms with Gasteiger partial charge in [-0.2, -0.15) is 5.10 Å². The van der Waals surface area contributed by atoms with Crippen molar-refractivity contribution in [3.63, 3.8) is 0 Å². The summed E-state index contributed by atoms with van der Waals surface area (Å²) in [7, 11) is 1.56. The molecule has 116 valence electrons. The number of anilines is 1. The van der Waals surface area contributed by atoms with E-state index in [1.165, 1.54) is 12.1 Å². The number of hydrogen-bond acceptors (Lipinski definition) is 2. The Labute approximate surface area is 132 Å². The predicted octanol–water partition coefficient (Wildman–Crippen LogP) is 3.43. The Hall–Kier alpha value is -3.15. The van der Waals surface area contributed by atoms with Gasteiger partial charge in [0.05, 0.1) is 11.9 Å². The second-order valence-electron chi connectivity index (χ2n) is 4.93. The highest BCUT2D eigenvalue weighted by Gasteiger charge is 2.06. The van der Waals surface area contributed by atoms with E-state index in [0.29, 0.717) is 5.69 Å². The minimum Gasteiger partial charge on any atom is -0.341 e. The first-order valence-electron chi connectivity index (χ1n) is 7.05.